The smallest absolute Gasteiger partial charge is 0.224 e. The van der Waals surface area contributed by atoms with Gasteiger partial charge in [-0.25, -0.2) is 9.97 Å². The first-order valence-electron chi connectivity index (χ1n) is 6.92. The van der Waals surface area contributed by atoms with E-state index in [-0.39, 0.29) is 5.28 Å². The number of aromatic nitrogens is 2. The molecule has 5 nitrogen and oxygen atoms in total. The van der Waals surface area contributed by atoms with Gasteiger partial charge in [-0.05, 0) is 42.8 Å². The fraction of sp³-hybridized carbons (Fsp3) is 0.333. The Labute approximate surface area is 128 Å². The lowest BCUT2D eigenvalue weighted by atomic mass is 10.2. The van der Waals surface area contributed by atoms with Crippen LogP contribution in [0, 0.1) is 6.92 Å². The molecule has 2 heterocycles. The van der Waals surface area contributed by atoms with Crippen LogP contribution in [0.3, 0.4) is 0 Å². The summed E-state index contributed by atoms with van der Waals surface area (Å²) in [7, 11) is 0. The average molecular weight is 305 g/mol. The summed E-state index contributed by atoms with van der Waals surface area (Å²) in [5, 5.41) is 3.49. The van der Waals surface area contributed by atoms with Crippen molar-refractivity contribution in [1.29, 1.82) is 0 Å². The molecule has 0 spiro atoms. The summed E-state index contributed by atoms with van der Waals surface area (Å²) in [5.41, 5.74) is 3.02. The molecule has 6 heteroatoms. The number of hydrogen-bond acceptors (Lipinski definition) is 5. The molecule has 0 amide bonds. The summed E-state index contributed by atoms with van der Waals surface area (Å²) in [5.74, 6) is 0.701. The van der Waals surface area contributed by atoms with Gasteiger partial charge in [-0.1, -0.05) is 0 Å². The molecule has 0 unspecified atom stereocenters. The molecule has 1 aromatic carbocycles. The van der Waals surface area contributed by atoms with E-state index in [1.165, 1.54) is 5.69 Å². The van der Waals surface area contributed by atoms with E-state index in [1.54, 1.807) is 0 Å². The SMILES string of the molecule is Cc1cc(Nc2ccc(N3CCOCC3)cc2)nc(Cl)n1. The molecule has 1 saturated heterocycles. The molecular formula is C15H17ClN4O. The fourth-order valence-electron chi connectivity index (χ4n) is 2.32. The highest BCUT2D eigenvalue weighted by atomic mass is 35.5. The molecule has 110 valence electrons. The van der Waals surface area contributed by atoms with Crippen molar-refractivity contribution in [3.63, 3.8) is 0 Å². The second-order valence-electron chi connectivity index (χ2n) is 4.93. The lowest BCUT2D eigenvalue weighted by Gasteiger charge is -2.28. The monoisotopic (exact) mass is 304 g/mol. The molecule has 0 saturated carbocycles. The molecule has 0 atom stereocenters. The van der Waals surface area contributed by atoms with E-state index < -0.39 is 0 Å². The number of hydrogen-bond donors (Lipinski definition) is 1. The van der Waals surface area contributed by atoms with Gasteiger partial charge in [-0.2, -0.15) is 0 Å². The van der Waals surface area contributed by atoms with E-state index in [0.29, 0.717) is 5.82 Å². The number of morpholine rings is 1. The lowest BCUT2D eigenvalue weighted by molar-refractivity contribution is 0.122. The van der Waals surface area contributed by atoms with Crippen LogP contribution in [-0.4, -0.2) is 36.3 Å². The van der Waals surface area contributed by atoms with Crippen LogP contribution in [0.15, 0.2) is 30.3 Å². The number of ether oxygens (including phenoxy) is 1. The van der Waals surface area contributed by atoms with E-state index in [9.17, 15) is 0 Å². The van der Waals surface area contributed by atoms with Gasteiger partial charge in [0, 0.05) is 36.2 Å². The quantitative estimate of drug-likeness (QED) is 0.883. The molecule has 1 N–H and O–H groups in total. The van der Waals surface area contributed by atoms with Gasteiger partial charge in [0.15, 0.2) is 0 Å². The fourth-order valence-corrected chi connectivity index (χ4v) is 2.55. The molecule has 2 aromatic rings. The Morgan fingerprint density at radius 3 is 2.52 bits per heavy atom. The first-order valence-corrected chi connectivity index (χ1v) is 7.29. The van der Waals surface area contributed by atoms with Crippen LogP contribution in [-0.2, 0) is 4.74 Å². The predicted molar refractivity (Wildman–Crippen MR) is 84.5 cm³/mol. The molecule has 0 radical (unpaired) electrons. The predicted octanol–water partition coefficient (Wildman–Crippen LogP) is 3.02. The van der Waals surface area contributed by atoms with Crippen LogP contribution in [0.25, 0.3) is 0 Å². The summed E-state index contributed by atoms with van der Waals surface area (Å²) >= 11 is 5.86. The van der Waals surface area contributed by atoms with E-state index in [2.05, 4.69) is 32.3 Å². The summed E-state index contributed by atoms with van der Waals surface area (Å²) < 4.78 is 5.37. The number of aryl methyl sites for hydroxylation is 1. The minimum atomic E-state index is 0.252. The van der Waals surface area contributed by atoms with Crippen LogP contribution in [0.2, 0.25) is 5.28 Å². The second kappa shape index (κ2) is 6.28. The molecular weight excluding hydrogens is 288 g/mol. The maximum absolute atomic E-state index is 5.86. The van der Waals surface area contributed by atoms with E-state index in [0.717, 1.165) is 37.7 Å². The van der Waals surface area contributed by atoms with Gasteiger partial charge >= 0.3 is 0 Å². The zero-order valence-electron chi connectivity index (χ0n) is 11.8. The summed E-state index contributed by atoms with van der Waals surface area (Å²) in [4.78, 5) is 10.5. The minimum Gasteiger partial charge on any atom is -0.378 e. The highest BCUT2D eigenvalue weighted by Gasteiger charge is 2.10. The number of rotatable bonds is 3. The van der Waals surface area contributed by atoms with Gasteiger partial charge in [0.05, 0.1) is 13.2 Å². The first kappa shape index (κ1) is 14.1. The third-order valence-electron chi connectivity index (χ3n) is 3.34. The van der Waals surface area contributed by atoms with Gasteiger partial charge < -0.3 is 15.0 Å². The Bertz CT molecular complexity index is 591. The molecule has 1 aliphatic heterocycles. The van der Waals surface area contributed by atoms with Crippen LogP contribution >= 0.6 is 11.6 Å². The molecule has 1 aromatic heterocycles. The first-order chi connectivity index (χ1) is 10.2. The van der Waals surface area contributed by atoms with Crippen molar-refractivity contribution in [2.75, 3.05) is 36.5 Å². The Morgan fingerprint density at radius 1 is 1.14 bits per heavy atom. The molecule has 21 heavy (non-hydrogen) atoms. The lowest BCUT2D eigenvalue weighted by Crippen LogP contribution is -2.36. The number of anilines is 3. The van der Waals surface area contributed by atoms with Crippen LogP contribution < -0.4 is 10.2 Å². The highest BCUT2D eigenvalue weighted by Crippen LogP contribution is 2.21. The van der Waals surface area contributed by atoms with Crippen molar-refractivity contribution < 1.29 is 4.74 Å². The largest absolute Gasteiger partial charge is 0.378 e. The average Bonchev–Trinajstić information content (AvgIpc) is 2.48. The van der Waals surface area contributed by atoms with Crippen molar-refractivity contribution in [1.82, 2.24) is 9.97 Å². The highest BCUT2D eigenvalue weighted by molar-refractivity contribution is 6.28. The van der Waals surface area contributed by atoms with Gasteiger partial charge in [0.1, 0.15) is 5.82 Å². The van der Waals surface area contributed by atoms with Crippen LogP contribution in [0.1, 0.15) is 5.69 Å². The van der Waals surface area contributed by atoms with Crippen molar-refractivity contribution in [2.45, 2.75) is 6.92 Å². The van der Waals surface area contributed by atoms with E-state index in [1.807, 2.05) is 25.1 Å². The van der Waals surface area contributed by atoms with E-state index >= 15 is 0 Å². The third-order valence-corrected chi connectivity index (χ3v) is 3.51. The summed E-state index contributed by atoms with van der Waals surface area (Å²) in [6.07, 6.45) is 0. The standard InChI is InChI=1S/C15H17ClN4O/c1-11-10-14(19-15(16)17-11)18-12-2-4-13(5-3-12)20-6-8-21-9-7-20/h2-5,10H,6-9H2,1H3,(H,17,18,19). The number of nitrogens with one attached hydrogen (secondary N) is 1. The molecule has 1 aliphatic rings. The van der Waals surface area contributed by atoms with Crippen molar-refractivity contribution in [3.8, 4) is 0 Å². The van der Waals surface area contributed by atoms with Crippen molar-refractivity contribution in [2.24, 2.45) is 0 Å². The number of halogens is 1. The van der Waals surface area contributed by atoms with Gasteiger partial charge in [-0.15, -0.1) is 0 Å². The van der Waals surface area contributed by atoms with E-state index in [4.69, 9.17) is 16.3 Å². The molecule has 0 aliphatic carbocycles. The number of benzene rings is 1. The Kier molecular flexibility index (Phi) is 4.22. The number of nitrogens with zero attached hydrogens (tertiary/aromatic N) is 3. The second-order valence-corrected chi connectivity index (χ2v) is 5.27. The van der Waals surface area contributed by atoms with Crippen LogP contribution in [0.5, 0.6) is 0 Å². The van der Waals surface area contributed by atoms with Gasteiger partial charge in [0.25, 0.3) is 0 Å². The van der Waals surface area contributed by atoms with Gasteiger partial charge in [0.2, 0.25) is 5.28 Å². The molecule has 0 bridgehead atoms. The van der Waals surface area contributed by atoms with Crippen molar-refractivity contribution in [3.05, 3.63) is 41.3 Å². The Morgan fingerprint density at radius 2 is 1.86 bits per heavy atom. The minimum absolute atomic E-state index is 0.252. The maximum atomic E-state index is 5.86. The molecule has 1 fully saturated rings. The summed E-state index contributed by atoms with van der Waals surface area (Å²) in [6.45, 7) is 5.35. The third kappa shape index (κ3) is 3.62. The van der Waals surface area contributed by atoms with Crippen molar-refractivity contribution >= 4 is 28.8 Å². The Hall–Kier alpha value is -1.85. The van der Waals surface area contributed by atoms with Crippen LogP contribution in [0.4, 0.5) is 17.2 Å². The topological polar surface area (TPSA) is 50.3 Å². The zero-order chi connectivity index (χ0) is 14.7. The van der Waals surface area contributed by atoms with Gasteiger partial charge in [-0.3, -0.25) is 0 Å². The zero-order valence-corrected chi connectivity index (χ0v) is 12.6. The maximum Gasteiger partial charge on any atom is 0.224 e. The normalized spacial score (nSPS) is 15.0. The summed E-state index contributed by atoms with van der Waals surface area (Å²) in [6, 6.07) is 10.1. The molecule has 3 rings (SSSR count). The Balaban J connectivity index is 1.71.